The van der Waals surface area contributed by atoms with Crippen LogP contribution in [0.4, 0.5) is 0 Å². The zero-order valence-corrected chi connectivity index (χ0v) is 14.1. The van der Waals surface area contributed by atoms with Crippen LogP contribution in [0.3, 0.4) is 0 Å². The number of para-hydroxylation sites is 1. The minimum atomic E-state index is 0.182. The number of hydrogen-bond acceptors (Lipinski definition) is 2. The van der Waals surface area contributed by atoms with Crippen LogP contribution in [-0.4, -0.2) is 12.9 Å². The van der Waals surface area contributed by atoms with Gasteiger partial charge in [0.25, 0.3) is 0 Å². The molecule has 120 valence electrons. The molecule has 23 heavy (non-hydrogen) atoms. The second kappa shape index (κ2) is 6.11. The van der Waals surface area contributed by atoms with Crippen molar-refractivity contribution in [3.8, 4) is 5.75 Å². The average Bonchev–Trinajstić information content (AvgIpc) is 2.93. The van der Waals surface area contributed by atoms with Gasteiger partial charge in [0.1, 0.15) is 5.75 Å². The van der Waals surface area contributed by atoms with Crippen LogP contribution in [-0.2, 0) is 6.42 Å². The van der Waals surface area contributed by atoms with Crippen molar-refractivity contribution in [3.63, 3.8) is 0 Å². The molecule has 1 unspecified atom stereocenters. The van der Waals surface area contributed by atoms with Crippen molar-refractivity contribution in [1.82, 2.24) is 5.32 Å². The first-order chi connectivity index (χ1) is 11.2. The van der Waals surface area contributed by atoms with E-state index in [4.69, 9.17) is 4.65 Å². The Balaban J connectivity index is 1.50. The van der Waals surface area contributed by atoms with Crippen LogP contribution in [0.5, 0.6) is 5.75 Å². The molecule has 0 spiro atoms. The summed E-state index contributed by atoms with van der Waals surface area (Å²) in [5.74, 6) is 4.67. The lowest BCUT2D eigenvalue weighted by Gasteiger charge is -2.29. The highest BCUT2D eigenvalue weighted by Crippen LogP contribution is 2.37. The van der Waals surface area contributed by atoms with Crippen molar-refractivity contribution in [2.75, 3.05) is 0 Å². The predicted molar refractivity (Wildman–Crippen MR) is 97.4 cm³/mol. The normalized spacial score (nSPS) is 23.4. The van der Waals surface area contributed by atoms with E-state index in [9.17, 15) is 0 Å². The minimum Gasteiger partial charge on any atom is -0.554 e. The molecule has 1 aromatic rings. The van der Waals surface area contributed by atoms with Crippen molar-refractivity contribution in [2.24, 2.45) is 5.92 Å². The Bertz CT molecular complexity index is 645. The second-order valence-electron chi connectivity index (χ2n) is 7.51. The SMILES string of the molecule is C=C(C)c1cccc2c1OB1C=C(CC3CCCCC3)NC1C2. The van der Waals surface area contributed by atoms with E-state index in [0.29, 0.717) is 5.94 Å². The highest BCUT2D eigenvalue weighted by Gasteiger charge is 2.39. The summed E-state index contributed by atoms with van der Waals surface area (Å²) < 4.78 is 6.37. The molecule has 4 rings (SSSR count). The van der Waals surface area contributed by atoms with Crippen LogP contribution in [0.25, 0.3) is 5.57 Å². The standard InChI is InChI=1S/C20H26BNO/c1-14(2)18-10-6-9-16-12-19-21(23-20(16)18)13-17(22-19)11-15-7-4-3-5-8-15/h6,9-10,13,15,19,22H,1,3-5,7-8,11-12H2,2H3. The molecule has 3 heteroatoms. The second-order valence-corrected chi connectivity index (χ2v) is 7.51. The summed E-state index contributed by atoms with van der Waals surface area (Å²) in [6.07, 6.45) is 9.30. The summed E-state index contributed by atoms with van der Waals surface area (Å²) in [4.78, 5) is 0. The Morgan fingerprint density at radius 3 is 2.91 bits per heavy atom. The number of benzene rings is 1. The van der Waals surface area contributed by atoms with Gasteiger partial charge in [-0.2, -0.15) is 0 Å². The number of fused-ring (bicyclic) bond motifs is 2. The molecule has 0 saturated heterocycles. The highest BCUT2D eigenvalue weighted by atomic mass is 16.4. The van der Waals surface area contributed by atoms with Crippen LogP contribution in [0, 0.1) is 5.92 Å². The summed E-state index contributed by atoms with van der Waals surface area (Å²) >= 11 is 0. The molecular weight excluding hydrogens is 281 g/mol. The molecule has 3 aliphatic rings. The monoisotopic (exact) mass is 307 g/mol. The van der Waals surface area contributed by atoms with Gasteiger partial charge in [0.2, 0.25) is 0 Å². The van der Waals surface area contributed by atoms with E-state index in [-0.39, 0.29) is 6.92 Å². The molecule has 2 aliphatic heterocycles. The molecule has 1 aliphatic carbocycles. The van der Waals surface area contributed by atoms with Gasteiger partial charge in [-0.15, -0.1) is 0 Å². The van der Waals surface area contributed by atoms with Gasteiger partial charge in [0.15, 0.2) is 0 Å². The molecule has 0 amide bonds. The molecule has 0 bridgehead atoms. The van der Waals surface area contributed by atoms with Crippen molar-refractivity contribution < 1.29 is 4.65 Å². The Kier molecular flexibility index (Phi) is 3.96. The molecule has 1 saturated carbocycles. The first kappa shape index (κ1) is 14.9. The number of rotatable bonds is 3. The lowest BCUT2D eigenvalue weighted by atomic mass is 9.58. The predicted octanol–water partition coefficient (Wildman–Crippen LogP) is 4.55. The maximum atomic E-state index is 6.37. The fourth-order valence-electron chi connectivity index (χ4n) is 4.39. The van der Waals surface area contributed by atoms with Crippen molar-refractivity contribution in [3.05, 3.63) is 47.6 Å². The molecule has 1 atom stereocenters. The topological polar surface area (TPSA) is 21.3 Å². The van der Waals surface area contributed by atoms with Gasteiger partial charge in [0.05, 0.1) is 5.94 Å². The lowest BCUT2D eigenvalue weighted by Crippen LogP contribution is -2.44. The van der Waals surface area contributed by atoms with E-state index in [2.05, 4.69) is 43.0 Å². The fraction of sp³-hybridized carbons (Fsp3) is 0.500. The molecule has 1 fully saturated rings. The summed E-state index contributed by atoms with van der Waals surface area (Å²) in [6.45, 7) is 6.34. The number of nitrogens with one attached hydrogen (secondary N) is 1. The molecule has 2 heterocycles. The number of hydrogen-bond donors (Lipinski definition) is 1. The molecule has 1 aromatic carbocycles. The zero-order chi connectivity index (χ0) is 15.8. The zero-order valence-electron chi connectivity index (χ0n) is 14.1. The lowest BCUT2D eigenvalue weighted by molar-refractivity contribution is 0.350. The molecule has 0 aromatic heterocycles. The van der Waals surface area contributed by atoms with Crippen LogP contribution in [0.15, 0.2) is 36.5 Å². The maximum Gasteiger partial charge on any atom is 0.409 e. The summed E-state index contributed by atoms with van der Waals surface area (Å²) in [6, 6.07) is 6.44. The Hall–Kier alpha value is -1.64. The van der Waals surface area contributed by atoms with Crippen molar-refractivity contribution in [2.45, 2.75) is 57.8 Å². The Morgan fingerprint density at radius 2 is 2.13 bits per heavy atom. The summed E-state index contributed by atoms with van der Waals surface area (Å²) in [5.41, 5.74) is 4.97. The van der Waals surface area contributed by atoms with Crippen molar-refractivity contribution in [1.29, 1.82) is 0 Å². The third kappa shape index (κ3) is 2.94. The molecule has 1 N–H and O–H groups in total. The average molecular weight is 307 g/mol. The van der Waals surface area contributed by atoms with Crippen LogP contribution < -0.4 is 9.97 Å². The van der Waals surface area contributed by atoms with E-state index >= 15 is 0 Å². The van der Waals surface area contributed by atoms with Gasteiger partial charge in [-0.05, 0) is 36.8 Å². The molecule has 0 radical (unpaired) electrons. The van der Waals surface area contributed by atoms with Gasteiger partial charge in [-0.1, -0.05) is 62.9 Å². The van der Waals surface area contributed by atoms with Gasteiger partial charge < -0.3 is 9.97 Å². The molecular formula is C20H26BNO. The summed E-state index contributed by atoms with van der Waals surface area (Å²) in [5, 5.41) is 3.74. The quantitative estimate of drug-likeness (QED) is 0.827. The van der Waals surface area contributed by atoms with Gasteiger partial charge in [-0.25, -0.2) is 0 Å². The van der Waals surface area contributed by atoms with E-state index in [0.717, 1.165) is 29.2 Å². The van der Waals surface area contributed by atoms with Gasteiger partial charge in [0, 0.05) is 11.3 Å². The van der Waals surface area contributed by atoms with E-state index < -0.39 is 0 Å². The first-order valence-corrected chi connectivity index (χ1v) is 9.12. The first-order valence-electron chi connectivity index (χ1n) is 9.12. The van der Waals surface area contributed by atoms with Crippen molar-refractivity contribution >= 4 is 12.5 Å². The largest absolute Gasteiger partial charge is 0.554 e. The van der Waals surface area contributed by atoms with E-state index in [1.807, 2.05) is 0 Å². The van der Waals surface area contributed by atoms with Gasteiger partial charge in [-0.3, -0.25) is 0 Å². The number of allylic oxidation sites excluding steroid dienone is 2. The third-order valence-electron chi connectivity index (χ3n) is 5.62. The Morgan fingerprint density at radius 1 is 1.30 bits per heavy atom. The van der Waals surface area contributed by atoms with Crippen LogP contribution in [0.1, 0.15) is 56.6 Å². The minimum absolute atomic E-state index is 0.182. The fourth-order valence-corrected chi connectivity index (χ4v) is 4.39. The maximum absolute atomic E-state index is 6.37. The van der Waals surface area contributed by atoms with Crippen LogP contribution in [0.2, 0.25) is 0 Å². The molecule has 2 nitrogen and oxygen atoms in total. The van der Waals surface area contributed by atoms with Gasteiger partial charge >= 0.3 is 6.92 Å². The Labute approximate surface area is 140 Å². The van der Waals surface area contributed by atoms with Crippen LogP contribution >= 0.6 is 0 Å². The smallest absolute Gasteiger partial charge is 0.409 e. The van der Waals surface area contributed by atoms with E-state index in [1.165, 1.54) is 49.8 Å². The summed E-state index contributed by atoms with van der Waals surface area (Å²) in [7, 11) is 0. The third-order valence-corrected chi connectivity index (χ3v) is 5.62. The highest BCUT2D eigenvalue weighted by molar-refractivity contribution is 6.61. The van der Waals surface area contributed by atoms with E-state index in [1.54, 1.807) is 0 Å².